The number of fused-ring (bicyclic) bond motifs is 1. The Morgan fingerprint density at radius 2 is 1.58 bits per heavy atom. The first-order valence-corrected chi connectivity index (χ1v) is 8.14. The van der Waals surface area contributed by atoms with Crippen LogP contribution in [0.4, 0.5) is 0 Å². The number of ketones is 1. The normalized spacial score (nSPS) is 11.9. The summed E-state index contributed by atoms with van der Waals surface area (Å²) in [6.45, 7) is 3.38. The predicted octanol–water partition coefficient (Wildman–Crippen LogP) is 3.99. The van der Waals surface area contributed by atoms with Gasteiger partial charge in [0.2, 0.25) is 5.78 Å². The van der Waals surface area contributed by atoms with E-state index in [4.69, 9.17) is 4.74 Å². The molecule has 0 aliphatic rings. The zero-order valence-electron chi connectivity index (χ0n) is 14.4. The molecule has 0 unspecified atom stereocenters. The lowest BCUT2D eigenvalue weighted by Crippen LogP contribution is -2.24. The molecule has 0 fully saturated rings. The summed E-state index contributed by atoms with van der Waals surface area (Å²) in [5.41, 5.74) is 1.26. The van der Waals surface area contributed by atoms with Gasteiger partial charge in [0.15, 0.2) is 6.10 Å². The molecule has 132 valence electrons. The maximum atomic E-state index is 12.4. The highest BCUT2D eigenvalue weighted by Gasteiger charge is 2.24. The van der Waals surface area contributed by atoms with Gasteiger partial charge in [-0.05, 0) is 19.9 Å². The van der Waals surface area contributed by atoms with E-state index in [1.54, 1.807) is 48.5 Å². The highest BCUT2D eigenvalue weighted by Crippen LogP contribution is 2.35. The number of hydrogen-bond donors (Lipinski definition) is 2. The van der Waals surface area contributed by atoms with Crippen molar-refractivity contribution < 1.29 is 24.5 Å². The first kappa shape index (κ1) is 17.5. The van der Waals surface area contributed by atoms with E-state index in [9.17, 15) is 19.8 Å². The van der Waals surface area contributed by atoms with Crippen molar-refractivity contribution >= 4 is 22.5 Å². The molecular weight excluding hydrogens is 332 g/mol. The summed E-state index contributed by atoms with van der Waals surface area (Å²) < 4.78 is 5.21. The fraction of sp³-hybridized carbons (Fsp3) is 0.143. The van der Waals surface area contributed by atoms with Gasteiger partial charge in [0.25, 0.3) is 0 Å². The monoisotopic (exact) mass is 350 g/mol. The van der Waals surface area contributed by atoms with Gasteiger partial charge in [-0.2, -0.15) is 0 Å². The maximum absolute atomic E-state index is 12.4. The Hall–Kier alpha value is -3.34. The van der Waals surface area contributed by atoms with Crippen molar-refractivity contribution in [3.05, 3.63) is 71.3 Å². The molecule has 0 saturated heterocycles. The average Bonchev–Trinajstić information content (AvgIpc) is 2.64. The molecule has 3 aromatic rings. The molecular formula is C21H18O5. The van der Waals surface area contributed by atoms with Gasteiger partial charge in [0.05, 0.1) is 0 Å². The number of hydrogen-bond acceptors (Lipinski definition) is 5. The van der Waals surface area contributed by atoms with Gasteiger partial charge >= 0.3 is 5.97 Å². The molecule has 0 heterocycles. The molecule has 26 heavy (non-hydrogen) atoms. The molecule has 0 spiro atoms. The van der Waals surface area contributed by atoms with Crippen molar-refractivity contribution in [2.75, 3.05) is 0 Å². The second-order valence-corrected chi connectivity index (χ2v) is 6.12. The van der Waals surface area contributed by atoms with Crippen LogP contribution in [-0.4, -0.2) is 28.1 Å². The average molecular weight is 350 g/mol. The summed E-state index contributed by atoms with van der Waals surface area (Å²) in [6.07, 6.45) is -1.03. The zero-order chi connectivity index (χ0) is 18.8. The molecule has 0 bridgehead atoms. The number of carbonyl (C=O) groups excluding carboxylic acids is 2. The Balaban J connectivity index is 1.86. The molecule has 0 aliphatic heterocycles. The van der Waals surface area contributed by atoms with Gasteiger partial charge in [-0.3, -0.25) is 4.79 Å². The van der Waals surface area contributed by atoms with Crippen LogP contribution in [0.3, 0.4) is 0 Å². The number of Topliss-reactive ketones (excluding diaryl/α,β-unsaturated/α-hetero) is 1. The summed E-state index contributed by atoms with van der Waals surface area (Å²) >= 11 is 0. The molecule has 1 atom stereocenters. The number of aryl methyl sites for hydroxylation is 1. The zero-order valence-corrected chi connectivity index (χ0v) is 14.4. The van der Waals surface area contributed by atoms with Gasteiger partial charge in [0.1, 0.15) is 17.1 Å². The van der Waals surface area contributed by atoms with E-state index >= 15 is 0 Å². The third-order valence-corrected chi connectivity index (χ3v) is 4.20. The van der Waals surface area contributed by atoms with Crippen LogP contribution in [0.2, 0.25) is 0 Å². The van der Waals surface area contributed by atoms with E-state index in [2.05, 4.69) is 0 Å². The SMILES string of the molecule is Cc1ccc(C(=O)[C@@H](C)OC(=O)c2cc(O)c3ccccc3c2O)cc1. The van der Waals surface area contributed by atoms with Crippen molar-refractivity contribution in [2.24, 2.45) is 0 Å². The van der Waals surface area contributed by atoms with Crippen LogP contribution in [0.5, 0.6) is 11.5 Å². The Kier molecular flexibility index (Phi) is 4.63. The standard InChI is InChI=1S/C21H18O5/c1-12-7-9-14(10-8-12)19(23)13(2)26-21(25)17-11-18(22)15-5-3-4-6-16(15)20(17)24/h3-11,13,22,24H,1-2H3/t13-/m1/s1. The second-order valence-electron chi connectivity index (χ2n) is 6.12. The van der Waals surface area contributed by atoms with Gasteiger partial charge in [-0.15, -0.1) is 0 Å². The summed E-state index contributed by atoms with van der Waals surface area (Å²) in [6, 6.07) is 14.7. The van der Waals surface area contributed by atoms with Crippen LogP contribution < -0.4 is 0 Å². The Morgan fingerprint density at radius 1 is 0.962 bits per heavy atom. The lowest BCUT2D eigenvalue weighted by atomic mass is 10.0. The molecule has 0 amide bonds. The number of rotatable bonds is 4. The molecule has 3 rings (SSSR count). The van der Waals surface area contributed by atoms with E-state index in [-0.39, 0.29) is 22.8 Å². The van der Waals surface area contributed by atoms with E-state index in [0.29, 0.717) is 16.3 Å². The summed E-state index contributed by atoms with van der Waals surface area (Å²) in [7, 11) is 0. The predicted molar refractivity (Wildman–Crippen MR) is 97.7 cm³/mol. The quantitative estimate of drug-likeness (QED) is 0.422. The Morgan fingerprint density at radius 3 is 2.23 bits per heavy atom. The van der Waals surface area contributed by atoms with E-state index in [1.165, 1.54) is 6.92 Å². The van der Waals surface area contributed by atoms with E-state index in [0.717, 1.165) is 11.6 Å². The highest BCUT2D eigenvalue weighted by molar-refractivity contribution is 6.05. The van der Waals surface area contributed by atoms with Crippen molar-refractivity contribution in [1.82, 2.24) is 0 Å². The highest BCUT2D eigenvalue weighted by atomic mass is 16.5. The van der Waals surface area contributed by atoms with E-state index in [1.807, 2.05) is 6.92 Å². The first-order valence-electron chi connectivity index (χ1n) is 8.14. The van der Waals surface area contributed by atoms with Gasteiger partial charge in [-0.1, -0.05) is 54.1 Å². The molecule has 0 saturated carbocycles. The summed E-state index contributed by atoms with van der Waals surface area (Å²) in [5.74, 6) is -1.67. The summed E-state index contributed by atoms with van der Waals surface area (Å²) in [4.78, 5) is 24.8. The molecule has 0 radical (unpaired) electrons. The van der Waals surface area contributed by atoms with Gasteiger partial charge in [0, 0.05) is 16.3 Å². The van der Waals surface area contributed by atoms with Crippen LogP contribution in [0.1, 0.15) is 33.2 Å². The van der Waals surface area contributed by atoms with Crippen molar-refractivity contribution in [3.8, 4) is 11.5 Å². The Bertz CT molecular complexity index is 989. The van der Waals surface area contributed by atoms with Crippen molar-refractivity contribution in [3.63, 3.8) is 0 Å². The second kappa shape index (κ2) is 6.88. The fourth-order valence-electron chi connectivity index (χ4n) is 2.73. The fourth-order valence-corrected chi connectivity index (χ4v) is 2.73. The van der Waals surface area contributed by atoms with Crippen LogP contribution >= 0.6 is 0 Å². The van der Waals surface area contributed by atoms with Crippen LogP contribution in [0, 0.1) is 6.92 Å². The third kappa shape index (κ3) is 3.24. The summed E-state index contributed by atoms with van der Waals surface area (Å²) in [5, 5.41) is 21.2. The van der Waals surface area contributed by atoms with Crippen LogP contribution in [0.15, 0.2) is 54.6 Å². The van der Waals surface area contributed by atoms with Crippen molar-refractivity contribution in [1.29, 1.82) is 0 Å². The number of carbonyl (C=O) groups is 2. The van der Waals surface area contributed by atoms with Crippen LogP contribution in [-0.2, 0) is 4.74 Å². The number of esters is 1. The lowest BCUT2D eigenvalue weighted by Gasteiger charge is -2.14. The Labute approximate surface area is 150 Å². The largest absolute Gasteiger partial charge is 0.507 e. The van der Waals surface area contributed by atoms with Crippen LogP contribution in [0.25, 0.3) is 10.8 Å². The number of phenolic OH excluding ortho intramolecular Hbond substituents is 2. The molecule has 0 aliphatic carbocycles. The van der Waals surface area contributed by atoms with Gasteiger partial charge in [-0.25, -0.2) is 4.79 Å². The minimum Gasteiger partial charge on any atom is -0.507 e. The van der Waals surface area contributed by atoms with Gasteiger partial charge < -0.3 is 14.9 Å². The maximum Gasteiger partial charge on any atom is 0.342 e. The number of ether oxygens (including phenoxy) is 1. The molecule has 2 N–H and O–H groups in total. The topological polar surface area (TPSA) is 83.8 Å². The molecule has 3 aromatic carbocycles. The minimum absolute atomic E-state index is 0.150. The molecule has 5 heteroatoms. The molecule has 0 aromatic heterocycles. The van der Waals surface area contributed by atoms with E-state index < -0.39 is 12.1 Å². The third-order valence-electron chi connectivity index (χ3n) is 4.20. The molecule has 5 nitrogen and oxygen atoms in total. The van der Waals surface area contributed by atoms with Crippen molar-refractivity contribution in [2.45, 2.75) is 20.0 Å². The first-order chi connectivity index (χ1) is 12.4. The smallest absolute Gasteiger partial charge is 0.342 e. The number of phenols is 2. The minimum atomic E-state index is -1.03. The lowest BCUT2D eigenvalue weighted by molar-refractivity contribution is 0.0316. The number of benzene rings is 3. The number of aromatic hydroxyl groups is 2.